The quantitative estimate of drug-likeness (QED) is 0.757. The zero-order valence-electron chi connectivity index (χ0n) is 8.34. The maximum absolute atomic E-state index is 11.6. The molecule has 0 fully saturated rings. The molecule has 0 aromatic carbocycles. The summed E-state index contributed by atoms with van der Waals surface area (Å²) in [4.78, 5) is 4.12. The summed E-state index contributed by atoms with van der Waals surface area (Å²) in [6.07, 6.45) is 1.24. The molecule has 2 N–H and O–H groups in total. The van der Waals surface area contributed by atoms with Crippen molar-refractivity contribution in [1.29, 1.82) is 0 Å². The van der Waals surface area contributed by atoms with Gasteiger partial charge in [0.25, 0.3) is 0 Å². The molecule has 82 valence electrons. The van der Waals surface area contributed by atoms with Crippen LogP contribution in [0.4, 0.5) is 0 Å². The molecule has 1 rings (SSSR count). The third kappa shape index (κ3) is 2.49. The highest BCUT2D eigenvalue weighted by Gasteiger charge is 2.17. The number of hydrogen-bond donors (Lipinski definition) is 1. The van der Waals surface area contributed by atoms with E-state index in [9.17, 15) is 8.42 Å². The zero-order valence-corrected chi connectivity index (χ0v) is 9.97. The Bertz CT molecular complexity index is 465. The van der Waals surface area contributed by atoms with Crippen LogP contribution in [-0.4, -0.2) is 36.8 Å². The molecule has 0 aliphatic carbocycles. The van der Waals surface area contributed by atoms with Gasteiger partial charge in [-0.2, -0.15) is 0 Å². The van der Waals surface area contributed by atoms with E-state index in [0.29, 0.717) is 5.69 Å². The van der Waals surface area contributed by atoms with Gasteiger partial charge >= 0.3 is 0 Å². The molecule has 1 heterocycles. The lowest BCUT2D eigenvalue weighted by atomic mass is 10.3. The normalized spacial score (nSPS) is 11.7. The molecule has 1 aromatic heterocycles. The van der Waals surface area contributed by atoms with Gasteiger partial charge in [0.15, 0.2) is 0 Å². The van der Waals surface area contributed by atoms with E-state index in [0.717, 1.165) is 4.31 Å². The molecule has 15 heavy (non-hydrogen) atoms. The summed E-state index contributed by atoms with van der Waals surface area (Å²) >= 11 is 4.71. The van der Waals surface area contributed by atoms with Crippen molar-refractivity contribution in [2.45, 2.75) is 4.90 Å². The van der Waals surface area contributed by atoms with Crippen LogP contribution in [0.3, 0.4) is 0 Å². The number of aromatic nitrogens is 1. The first-order valence-corrected chi connectivity index (χ1v) is 5.89. The van der Waals surface area contributed by atoms with Crippen LogP contribution in [0, 0.1) is 0 Å². The van der Waals surface area contributed by atoms with Crippen LogP contribution >= 0.6 is 12.2 Å². The van der Waals surface area contributed by atoms with Crippen LogP contribution in [-0.2, 0) is 10.0 Å². The van der Waals surface area contributed by atoms with Crippen molar-refractivity contribution in [3.05, 3.63) is 24.0 Å². The molecular formula is C8H11N3O2S2. The van der Waals surface area contributed by atoms with Crippen LogP contribution in [0.5, 0.6) is 0 Å². The summed E-state index contributed by atoms with van der Waals surface area (Å²) in [7, 11) is -0.522. The maximum atomic E-state index is 11.6. The van der Waals surface area contributed by atoms with E-state index in [-0.39, 0.29) is 9.88 Å². The monoisotopic (exact) mass is 245 g/mol. The summed E-state index contributed by atoms with van der Waals surface area (Å²) in [5.41, 5.74) is 5.75. The lowest BCUT2D eigenvalue weighted by Crippen LogP contribution is -2.22. The Morgan fingerprint density at radius 3 is 2.40 bits per heavy atom. The minimum absolute atomic E-state index is 0.118. The molecule has 0 aliphatic heterocycles. The van der Waals surface area contributed by atoms with Crippen molar-refractivity contribution in [1.82, 2.24) is 9.29 Å². The number of rotatable bonds is 3. The molecule has 0 amide bonds. The van der Waals surface area contributed by atoms with E-state index in [1.54, 1.807) is 0 Å². The van der Waals surface area contributed by atoms with E-state index in [1.165, 1.54) is 32.4 Å². The number of sulfonamides is 1. The first kappa shape index (κ1) is 12.0. The molecular weight excluding hydrogens is 234 g/mol. The second kappa shape index (κ2) is 4.21. The van der Waals surface area contributed by atoms with Gasteiger partial charge in [0, 0.05) is 20.3 Å². The minimum Gasteiger partial charge on any atom is -0.388 e. The standard InChI is InChI=1S/C8H11N3O2S2/c1-11(2)15(12,13)6-3-4-7(8(9)14)10-5-6/h3-5H,1-2H3,(H2,9,14). The van der Waals surface area contributed by atoms with Gasteiger partial charge in [-0.25, -0.2) is 12.7 Å². The van der Waals surface area contributed by atoms with Crippen molar-refractivity contribution in [2.24, 2.45) is 5.73 Å². The molecule has 7 heteroatoms. The van der Waals surface area contributed by atoms with E-state index >= 15 is 0 Å². The van der Waals surface area contributed by atoms with Crippen molar-refractivity contribution in [3.63, 3.8) is 0 Å². The highest BCUT2D eigenvalue weighted by Crippen LogP contribution is 2.11. The van der Waals surface area contributed by atoms with Crippen LogP contribution in [0.2, 0.25) is 0 Å². The number of nitrogens with two attached hydrogens (primary N) is 1. The summed E-state index contributed by atoms with van der Waals surface area (Å²) in [6.45, 7) is 0. The van der Waals surface area contributed by atoms with Gasteiger partial charge in [0.1, 0.15) is 9.88 Å². The lowest BCUT2D eigenvalue weighted by molar-refractivity contribution is 0.520. The highest BCUT2D eigenvalue weighted by molar-refractivity contribution is 7.89. The highest BCUT2D eigenvalue weighted by atomic mass is 32.2. The van der Waals surface area contributed by atoms with Gasteiger partial charge in [0.2, 0.25) is 10.0 Å². The molecule has 0 bridgehead atoms. The van der Waals surface area contributed by atoms with E-state index in [1.807, 2.05) is 0 Å². The predicted molar refractivity (Wildman–Crippen MR) is 61.0 cm³/mol. The fraction of sp³-hybridized carbons (Fsp3) is 0.250. The van der Waals surface area contributed by atoms with Crippen molar-refractivity contribution >= 4 is 27.2 Å². The Hall–Kier alpha value is -1.05. The third-order valence-electron chi connectivity index (χ3n) is 1.77. The van der Waals surface area contributed by atoms with Crippen LogP contribution in [0.15, 0.2) is 23.2 Å². The average molecular weight is 245 g/mol. The second-order valence-corrected chi connectivity index (χ2v) is 5.62. The molecule has 5 nitrogen and oxygen atoms in total. The second-order valence-electron chi connectivity index (χ2n) is 3.03. The Labute approximate surface area is 94.0 Å². The van der Waals surface area contributed by atoms with Crippen LogP contribution < -0.4 is 5.73 Å². The van der Waals surface area contributed by atoms with Gasteiger partial charge in [-0.1, -0.05) is 12.2 Å². The molecule has 0 saturated heterocycles. The van der Waals surface area contributed by atoms with Crippen LogP contribution in [0.1, 0.15) is 5.69 Å². The van der Waals surface area contributed by atoms with Gasteiger partial charge in [-0.3, -0.25) is 4.98 Å². The van der Waals surface area contributed by atoms with E-state index < -0.39 is 10.0 Å². The zero-order chi connectivity index (χ0) is 11.6. The van der Waals surface area contributed by atoms with Crippen molar-refractivity contribution in [2.75, 3.05) is 14.1 Å². The van der Waals surface area contributed by atoms with Crippen molar-refractivity contribution < 1.29 is 8.42 Å². The fourth-order valence-corrected chi connectivity index (χ4v) is 1.86. The van der Waals surface area contributed by atoms with Gasteiger partial charge < -0.3 is 5.73 Å². The average Bonchev–Trinajstić information content (AvgIpc) is 2.17. The minimum atomic E-state index is -3.43. The Balaban J connectivity index is 3.15. The molecule has 0 spiro atoms. The third-order valence-corrected chi connectivity index (χ3v) is 3.78. The molecule has 0 radical (unpaired) electrons. The first-order valence-electron chi connectivity index (χ1n) is 4.04. The Morgan fingerprint density at radius 2 is 2.07 bits per heavy atom. The number of thiocarbonyl (C=S) groups is 1. The molecule has 0 atom stereocenters. The largest absolute Gasteiger partial charge is 0.388 e. The summed E-state index contributed by atoms with van der Waals surface area (Å²) in [5, 5.41) is 0. The number of hydrogen-bond acceptors (Lipinski definition) is 4. The van der Waals surface area contributed by atoms with E-state index in [4.69, 9.17) is 18.0 Å². The molecule has 0 saturated carbocycles. The number of nitrogens with zero attached hydrogens (tertiary/aromatic N) is 2. The smallest absolute Gasteiger partial charge is 0.244 e. The predicted octanol–water partition coefficient (Wildman–Crippen LogP) is -0.0339. The van der Waals surface area contributed by atoms with Gasteiger partial charge in [-0.15, -0.1) is 0 Å². The molecule has 1 aromatic rings. The summed E-state index contributed by atoms with van der Waals surface area (Å²) in [6, 6.07) is 2.91. The van der Waals surface area contributed by atoms with E-state index in [2.05, 4.69) is 4.98 Å². The number of pyridine rings is 1. The SMILES string of the molecule is CN(C)S(=O)(=O)c1ccc(C(N)=S)nc1. The van der Waals surface area contributed by atoms with Crippen molar-refractivity contribution in [3.8, 4) is 0 Å². The van der Waals surface area contributed by atoms with Gasteiger partial charge in [-0.05, 0) is 12.1 Å². The Morgan fingerprint density at radius 1 is 1.47 bits per heavy atom. The summed E-state index contributed by atoms with van der Waals surface area (Å²) < 4.78 is 24.4. The van der Waals surface area contributed by atoms with Crippen LogP contribution in [0.25, 0.3) is 0 Å². The van der Waals surface area contributed by atoms with Gasteiger partial charge in [0.05, 0.1) is 5.69 Å². The fourth-order valence-electron chi connectivity index (χ4n) is 0.889. The summed E-state index contributed by atoms with van der Waals surface area (Å²) in [5.74, 6) is 0. The molecule has 0 unspecified atom stereocenters. The Kier molecular flexibility index (Phi) is 3.38. The topological polar surface area (TPSA) is 76.3 Å². The lowest BCUT2D eigenvalue weighted by Gasteiger charge is -2.10. The maximum Gasteiger partial charge on any atom is 0.244 e. The molecule has 0 aliphatic rings. The first-order chi connectivity index (χ1) is 6.85.